The van der Waals surface area contributed by atoms with Gasteiger partial charge in [-0.3, -0.25) is 4.79 Å². The second kappa shape index (κ2) is 9.87. The molecule has 164 valence electrons. The van der Waals surface area contributed by atoms with E-state index in [1.165, 1.54) is 12.1 Å². The van der Waals surface area contributed by atoms with E-state index in [-0.39, 0.29) is 23.9 Å². The molecule has 0 spiro atoms. The average molecular weight is 439 g/mol. The molecule has 4 aromatic rings. The zero-order valence-electron chi connectivity index (χ0n) is 17.8. The minimum Gasteiger partial charge on any atom is -0.380 e. The van der Waals surface area contributed by atoms with Crippen LogP contribution in [-0.4, -0.2) is 17.9 Å². The second-order valence-corrected chi connectivity index (χ2v) is 7.61. The Hall–Kier alpha value is -4.32. The Bertz CT molecular complexity index is 1330. The van der Waals surface area contributed by atoms with Gasteiger partial charge in [0.25, 0.3) is 5.91 Å². The van der Waals surface area contributed by atoms with Crippen molar-refractivity contribution in [1.82, 2.24) is 0 Å². The van der Waals surface area contributed by atoms with Crippen molar-refractivity contribution in [1.29, 1.82) is 5.41 Å². The van der Waals surface area contributed by atoms with Crippen LogP contribution < -0.4 is 10.6 Å². The lowest BCUT2D eigenvalue weighted by molar-refractivity contribution is -0.106. The molecule has 33 heavy (non-hydrogen) atoms. The fourth-order valence-electron chi connectivity index (χ4n) is 3.56. The van der Waals surface area contributed by atoms with Gasteiger partial charge in [0.2, 0.25) is 0 Å². The van der Waals surface area contributed by atoms with Gasteiger partial charge < -0.3 is 20.8 Å². The zero-order valence-corrected chi connectivity index (χ0v) is 17.8. The van der Waals surface area contributed by atoms with Gasteiger partial charge in [0.1, 0.15) is 12.1 Å². The third-order valence-electron chi connectivity index (χ3n) is 5.30. The Balaban J connectivity index is 1.40. The van der Waals surface area contributed by atoms with E-state index in [0.29, 0.717) is 23.4 Å². The summed E-state index contributed by atoms with van der Waals surface area (Å²) in [5.74, 6) is -0.549. The molecule has 0 aliphatic carbocycles. The van der Waals surface area contributed by atoms with E-state index in [1.54, 1.807) is 24.3 Å². The fraction of sp³-hybridized carbons (Fsp3) is 0.0741. The van der Waals surface area contributed by atoms with Crippen molar-refractivity contribution in [3.8, 4) is 0 Å². The van der Waals surface area contributed by atoms with E-state index < -0.39 is 0 Å². The molecule has 4 rings (SSSR count). The number of carbonyl (C=O) groups is 2. The van der Waals surface area contributed by atoms with Crippen LogP contribution in [0.5, 0.6) is 0 Å². The van der Waals surface area contributed by atoms with Gasteiger partial charge in [0.05, 0.1) is 0 Å². The number of amides is 1. The van der Waals surface area contributed by atoms with Gasteiger partial charge in [-0.2, -0.15) is 0 Å². The highest BCUT2D eigenvalue weighted by molar-refractivity contribution is 6.08. The number of benzene rings is 4. The molecule has 0 heterocycles. The molecular formula is C27H22FN3O2. The van der Waals surface area contributed by atoms with Crippen molar-refractivity contribution >= 4 is 40.1 Å². The predicted octanol–water partition coefficient (Wildman–Crippen LogP) is 5.80. The molecule has 5 nitrogen and oxygen atoms in total. The summed E-state index contributed by atoms with van der Waals surface area (Å²) in [6.07, 6.45) is 0.797. The van der Waals surface area contributed by atoms with Crippen LogP contribution in [0, 0.1) is 11.2 Å². The number of rotatable bonds is 8. The van der Waals surface area contributed by atoms with Crippen molar-refractivity contribution < 1.29 is 14.0 Å². The van der Waals surface area contributed by atoms with E-state index in [4.69, 9.17) is 5.41 Å². The van der Waals surface area contributed by atoms with Crippen molar-refractivity contribution in [3.63, 3.8) is 0 Å². The van der Waals surface area contributed by atoms with Crippen LogP contribution in [-0.2, 0) is 11.3 Å². The van der Waals surface area contributed by atoms with Gasteiger partial charge in [-0.15, -0.1) is 0 Å². The maximum absolute atomic E-state index is 13.3. The fourth-order valence-corrected chi connectivity index (χ4v) is 3.56. The number of hydrogen-bond acceptors (Lipinski definition) is 4. The highest BCUT2D eigenvalue weighted by Gasteiger charge is 2.09. The molecule has 0 fully saturated rings. The molecule has 0 radical (unpaired) electrons. The number of nitrogens with one attached hydrogen (secondary N) is 3. The summed E-state index contributed by atoms with van der Waals surface area (Å²) in [6.45, 7) is 0.529. The number of halogens is 1. The largest absolute Gasteiger partial charge is 0.380 e. The van der Waals surface area contributed by atoms with Crippen molar-refractivity contribution in [2.45, 2.75) is 13.0 Å². The molecule has 0 aliphatic heterocycles. The van der Waals surface area contributed by atoms with Gasteiger partial charge in [-0.05, 0) is 58.8 Å². The molecule has 1 amide bonds. The van der Waals surface area contributed by atoms with Crippen LogP contribution in [0.2, 0.25) is 0 Å². The summed E-state index contributed by atoms with van der Waals surface area (Å²) in [6, 6.07) is 24.5. The zero-order chi connectivity index (χ0) is 23.2. The smallest absolute Gasteiger partial charge is 0.255 e. The predicted molar refractivity (Wildman–Crippen MR) is 130 cm³/mol. The molecule has 0 aliphatic rings. The van der Waals surface area contributed by atoms with Crippen LogP contribution in [0.25, 0.3) is 10.8 Å². The van der Waals surface area contributed by atoms with E-state index >= 15 is 0 Å². The SMILES string of the molecule is N=C(CC=O)c1ccccc1NCc1ccc(NC(=O)c2ccc3cc(F)ccc3c2)cc1. The molecule has 0 saturated carbocycles. The molecule has 4 aromatic carbocycles. The summed E-state index contributed by atoms with van der Waals surface area (Å²) in [4.78, 5) is 23.4. The number of hydrogen-bond donors (Lipinski definition) is 3. The summed E-state index contributed by atoms with van der Waals surface area (Å²) < 4.78 is 13.3. The third kappa shape index (κ3) is 5.30. The molecule has 3 N–H and O–H groups in total. The first-order valence-electron chi connectivity index (χ1n) is 10.5. The Labute approximate surface area is 190 Å². The highest BCUT2D eigenvalue weighted by atomic mass is 19.1. The maximum atomic E-state index is 13.3. The van der Waals surface area contributed by atoms with Crippen LogP contribution in [0.4, 0.5) is 15.8 Å². The summed E-state index contributed by atoms with van der Waals surface area (Å²) in [7, 11) is 0. The quantitative estimate of drug-likeness (QED) is 0.240. The first-order chi connectivity index (χ1) is 16.0. The third-order valence-corrected chi connectivity index (χ3v) is 5.30. The van der Waals surface area contributed by atoms with Gasteiger partial charge in [0.15, 0.2) is 0 Å². The second-order valence-electron chi connectivity index (χ2n) is 7.61. The number of anilines is 2. The molecule has 0 saturated heterocycles. The number of fused-ring (bicyclic) bond motifs is 1. The maximum Gasteiger partial charge on any atom is 0.255 e. The molecule has 0 atom stereocenters. The number of aldehydes is 1. The summed E-state index contributed by atoms with van der Waals surface area (Å²) in [5, 5.41) is 15.8. The molecule has 0 unspecified atom stereocenters. The monoisotopic (exact) mass is 439 g/mol. The van der Waals surface area contributed by atoms with Crippen LogP contribution >= 0.6 is 0 Å². The van der Waals surface area contributed by atoms with Crippen LogP contribution in [0.3, 0.4) is 0 Å². The molecular weight excluding hydrogens is 417 g/mol. The number of carbonyl (C=O) groups excluding carboxylic acids is 2. The first-order valence-corrected chi connectivity index (χ1v) is 10.5. The molecule has 6 heteroatoms. The van der Waals surface area contributed by atoms with Crippen molar-refractivity contribution in [3.05, 3.63) is 107 Å². The van der Waals surface area contributed by atoms with E-state index in [1.807, 2.05) is 48.5 Å². The molecule has 0 aromatic heterocycles. The van der Waals surface area contributed by atoms with Gasteiger partial charge >= 0.3 is 0 Å². The first kappa shape index (κ1) is 21.9. The van der Waals surface area contributed by atoms with Crippen molar-refractivity contribution in [2.24, 2.45) is 0 Å². The topological polar surface area (TPSA) is 82.1 Å². The van der Waals surface area contributed by atoms with Gasteiger partial charge in [0, 0.05) is 41.2 Å². The van der Waals surface area contributed by atoms with E-state index in [0.717, 1.165) is 28.3 Å². The van der Waals surface area contributed by atoms with Crippen LogP contribution in [0.1, 0.15) is 27.9 Å². The Morgan fingerprint density at radius 2 is 1.64 bits per heavy atom. The molecule has 0 bridgehead atoms. The normalized spacial score (nSPS) is 10.6. The lowest BCUT2D eigenvalue weighted by Crippen LogP contribution is -2.12. The summed E-state index contributed by atoms with van der Waals surface area (Å²) in [5.41, 5.74) is 3.91. The van der Waals surface area contributed by atoms with Crippen LogP contribution in [0.15, 0.2) is 84.9 Å². The number of para-hydroxylation sites is 1. The Morgan fingerprint density at radius 3 is 2.42 bits per heavy atom. The minimum atomic E-state index is -0.308. The lowest BCUT2D eigenvalue weighted by Gasteiger charge is -2.12. The Kier molecular flexibility index (Phi) is 6.55. The van der Waals surface area contributed by atoms with Crippen molar-refractivity contribution in [2.75, 3.05) is 10.6 Å². The summed E-state index contributed by atoms with van der Waals surface area (Å²) >= 11 is 0. The van der Waals surface area contributed by atoms with E-state index in [2.05, 4.69) is 10.6 Å². The highest BCUT2D eigenvalue weighted by Crippen LogP contribution is 2.20. The van der Waals surface area contributed by atoms with E-state index in [9.17, 15) is 14.0 Å². The standard InChI is InChI=1S/C27H22FN3O2/c28-22-10-9-19-15-21(8-7-20(19)16-22)27(33)31-23-11-5-18(6-12-23)17-30-26-4-2-1-3-24(26)25(29)13-14-32/h1-12,14-16,29-30H,13,17H2,(H,31,33). The van der Waals surface area contributed by atoms with Gasteiger partial charge in [-0.25, -0.2) is 4.39 Å². The minimum absolute atomic E-state index is 0.0706. The average Bonchev–Trinajstić information content (AvgIpc) is 2.83. The van der Waals surface area contributed by atoms with Gasteiger partial charge in [-0.1, -0.05) is 42.5 Å². The Morgan fingerprint density at radius 1 is 0.909 bits per heavy atom. The lowest BCUT2D eigenvalue weighted by atomic mass is 10.1.